The third kappa shape index (κ3) is 2.18. The van der Waals surface area contributed by atoms with E-state index in [0.29, 0.717) is 5.69 Å². The summed E-state index contributed by atoms with van der Waals surface area (Å²) in [6, 6.07) is 17.0. The van der Waals surface area contributed by atoms with Crippen molar-refractivity contribution in [2.45, 2.75) is 16.6 Å². The van der Waals surface area contributed by atoms with Crippen molar-refractivity contribution in [2.24, 2.45) is 0 Å². The lowest BCUT2D eigenvalue weighted by molar-refractivity contribution is -0.119. The second kappa shape index (κ2) is 5.50. The van der Waals surface area contributed by atoms with Crippen LogP contribution in [0.15, 0.2) is 59.5 Å². The number of hydrogen-bond donors (Lipinski definition) is 0. The van der Waals surface area contributed by atoms with E-state index in [1.54, 1.807) is 12.1 Å². The van der Waals surface area contributed by atoms with E-state index in [4.69, 9.17) is 4.74 Å². The molecule has 2 aromatic rings. The molecule has 1 aliphatic heterocycles. The van der Waals surface area contributed by atoms with Crippen molar-refractivity contribution in [1.29, 1.82) is 0 Å². The highest BCUT2D eigenvalue weighted by Gasteiger charge is 2.51. The van der Waals surface area contributed by atoms with Crippen molar-refractivity contribution in [1.82, 2.24) is 0 Å². The molecule has 2 aromatic carbocycles. The van der Waals surface area contributed by atoms with Crippen LogP contribution in [-0.4, -0.2) is 19.1 Å². The lowest BCUT2D eigenvalue weighted by Crippen LogP contribution is -2.40. The molecule has 112 valence electrons. The van der Waals surface area contributed by atoms with E-state index in [-0.39, 0.29) is 5.91 Å². The molecule has 0 aliphatic carbocycles. The van der Waals surface area contributed by atoms with E-state index in [9.17, 15) is 9.59 Å². The van der Waals surface area contributed by atoms with Gasteiger partial charge in [-0.05, 0) is 25.1 Å². The van der Waals surface area contributed by atoms with Crippen molar-refractivity contribution >= 4 is 29.4 Å². The monoisotopic (exact) mass is 313 g/mol. The summed E-state index contributed by atoms with van der Waals surface area (Å²) < 4.78 is 3.91. The minimum atomic E-state index is -0.855. The van der Waals surface area contributed by atoms with Crippen LogP contribution >= 0.6 is 11.8 Å². The van der Waals surface area contributed by atoms with Crippen LogP contribution in [0.1, 0.15) is 12.5 Å². The predicted molar refractivity (Wildman–Crippen MR) is 86.0 cm³/mol. The number of thioether (sulfide) groups is 1. The minimum absolute atomic E-state index is 0.283. The van der Waals surface area contributed by atoms with Crippen LogP contribution in [0.25, 0.3) is 0 Å². The Labute approximate surface area is 133 Å². The summed E-state index contributed by atoms with van der Waals surface area (Å²) in [6.45, 7) is 1.84. The standard InChI is InChI=1S/C17H15NO3S/c1-17(22-12-8-4-3-5-9-12)13-10-6-7-11-14(13)18(15(17)19)16(20)21-2/h3-11H,1-2H3. The Kier molecular flexibility index (Phi) is 3.66. The molecule has 1 heterocycles. The average molecular weight is 313 g/mol. The third-order valence-electron chi connectivity index (χ3n) is 3.69. The largest absolute Gasteiger partial charge is 0.452 e. The van der Waals surface area contributed by atoms with Gasteiger partial charge in [-0.2, -0.15) is 0 Å². The van der Waals surface area contributed by atoms with Crippen LogP contribution in [0.2, 0.25) is 0 Å². The van der Waals surface area contributed by atoms with E-state index in [0.717, 1.165) is 15.4 Å². The highest BCUT2D eigenvalue weighted by atomic mass is 32.2. The van der Waals surface area contributed by atoms with Gasteiger partial charge < -0.3 is 4.74 Å². The van der Waals surface area contributed by atoms with Crippen molar-refractivity contribution in [2.75, 3.05) is 12.0 Å². The van der Waals surface area contributed by atoms with Gasteiger partial charge in [0.05, 0.1) is 12.8 Å². The molecule has 0 spiro atoms. The number of carbonyl (C=O) groups excluding carboxylic acids is 2. The number of nitrogens with zero attached hydrogens (tertiary/aromatic N) is 1. The highest BCUT2D eigenvalue weighted by molar-refractivity contribution is 8.01. The summed E-state index contributed by atoms with van der Waals surface area (Å²) in [7, 11) is 1.28. The fraction of sp³-hybridized carbons (Fsp3) is 0.176. The van der Waals surface area contributed by atoms with Crippen LogP contribution in [0, 0.1) is 0 Å². The Morgan fingerprint density at radius 3 is 2.41 bits per heavy atom. The summed E-state index contributed by atoms with van der Waals surface area (Å²) in [5, 5.41) is 0. The molecule has 4 nitrogen and oxygen atoms in total. The number of carbonyl (C=O) groups is 2. The molecular formula is C17H15NO3S. The van der Waals surface area contributed by atoms with Gasteiger partial charge in [-0.15, -0.1) is 11.8 Å². The van der Waals surface area contributed by atoms with Gasteiger partial charge in [0.25, 0.3) is 5.91 Å². The quantitative estimate of drug-likeness (QED) is 0.846. The maximum absolute atomic E-state index is 12.9. The van der Waals surface area contributed by atoms with Crippen molar-refractivity contribution < 1.29 is 14.3 Å². The summed E-state index contributed by atoms with van der Waals surface area (Å²) in [5.41, 5.74) is 1.41. The topological polar surface area (TPSA) is 46.6 Å². The summed E-state index contributed by atoms with van der Waals surface area (Å²) in [5.74, 6) is -0.283. The van der Waals surface area contributed by atoms with Gasteiger partial charge in [-0.3, -0.25) is 4.79 Å². The van der Waals surface area contributed by atoms with Crippen LogP contribution in [-0.2, 0) is 14.3 Å². The molecule has 3 rings (SSSR count). The Balaban J connectivity index is 2.08. The lowest BCUT2D eigenvalue weighted by Gasteiger charge is -2.22. The number of rotatable bonds is 2. The molecule has 2 amide bonds. The Hall–Kier alpha value is -2.27. The number of ether oxygens (including phenoxy) is 1. The number of hydrogen-bond acceptors (Lipinski definition) is 4. The fourth-order valence-electron chi connectivity index (χ4n) is 2.61. The van der Waals surface area contributed by atoms with Gasteiger partial charge in [0.1, 0.15) is 4.75 Å². The first kappa shape index (κ1) is 14.7. The SMILES string of the molecule is COC(=O)N1C(=O)C(C)(Sc2ccccc2)c2ccccc21. The number of benzene rings is 2. The zero-order valence-corrected chi connectivity index (χ0v) is 13.1. The number of imide groups is 1. The van der Waals surface area contributed by atoms with E-state index in [1.165, 1.54) is 18.9 Å². The normalized spacial score (nSPS) is 19.9. The number of para-hydroxylation sites is 1. The van der Waals surface area contributed by atoms with Gasteiger partial charge in [-0.1, -0.05) is 36.4 Å². The maximum atomic E-state index is 12.9. The lowest BCUT2D eigenvalue weighted by atomic mass is 10.0. The van der Waals surface area contributed by atoms with Crippen LogP contribution < -0.4 is 4.90 Å². The molecule has 0 aromatic heterocycles. The van der Waals surface area contributed by atoms with E-state index in [1.807, 2.05) is 49.4 Å². The number of amides is 2. The molecule has 0 N–H and O–H groups in total. The molecule has 0 saturated carbocycles. The second-order valence-corrected chi connectivity index (χ2v) is 6.57. The second-order valence-electron chi connectivity index (χ2n) is 5.08. The smallest absolute Gasteiger partial charge is 0.420 e. The molecule has 1 atom stereocenters. The maximum Gasteiger partial charge on any atom is 0.420 e. The molecule has 5 heteroatoms. The Morgan fingerprint density at radius 2 is 1.73 bits per heavy atom. The highest BCUT2D eigenvalue weighted by Crippen LogP contribution is 2.51. The Bertz CT molecular complexity index is 732. The van der Waals surface area contributed by atoms with Crippen molar-refractivity contribution in [3.05, 3.63) is 60.2 Å². The zero-order chi connectivity index (χ0) is 15.7. The Morgan fingerprint density at radius 1 is 1.09 bits per heavy atom. The predicted octanol–water partition coefficient (Wildman–Crippen LogP) is 3.81. The van der Waals surface area contributed by atoms with Gasteiger partial charge in [-0.25, -0.2) is 9.69 Å². The number of anilines is 1. The first-order valence-electron chi connectivity index (χ1n) is 6.84. The molecule has 1 unspecified atom stereocenters. The molecular weight excluding hydrogens is 298 g/mol. The van der Waals surface area contributed by atoms with Crippen LogP contribution in [0.5, 0.6) is 0 Å². The number of methoxy groups -OCH3 is 1. The molecule has 0 saturated heterocycles. The molecule has 0 radical (unpaired) electrons. The van der Waals surface area contributed by atoms with Gasteiger partial charge in [0.15, 0.2) is 0 Å². The molecule has 0 bridgehead atoms. The van der Waals surface area contributed by atoms with Gasteiger partial charge in [0.2, 0.25) is 0 Å². The fourth-order valence-corrected chi connectivity index (χ4v) is 3.83. The molecule has 22 heavy (non-hydrogen) atoms. The molecule has 0 fully saturated rings. The summed E-state index contributed by atoms with van der Waals surface area (Å²) in [4.78, 5) is 27.0. The van der Waals surface area contributed by atoms with Crippen LogP contribution in [0.4, 0.5) is 10.5 Å². The summed E-state index contributed by atoms with van der Waals surface area (Å²) >= 11 is 1.44. The van der Waals surface area contributed by atoms with E-state index in [2.05, 4.69) is 0 Å². The first-order chi connectivity index (χ1) is 10.6. The van der Waals surface area contributed by atoms with Crippen molar-refractivity contribution in [3.8, 4) is 0 Å². The number of fused-ring (bicyclic) bond motifs is 1. The van der Waals surface area contributed by atoms with Gasteiger partial charge in [0, 0.05) is 10.5 Å². The van der Waals surface area contributed by atoms with Crippen LogP contribution in [0.3, 0.4) is 0 Å². The third-order valence-corrected chi connectivity index (χ3v) is 5.00. The van der Waals surface area contributed by atoms with E-state index >= 15 is 0 Å². The molecule has 1 aliphatic rings. The summed E-state index contributed by atoms with van der Waals surface area (Å²) in [6.07, 6.45) is -0.658. The van der Waals surface area contributed by atoms with Gasteiger partial charge >= 0.3 is 6.09 Å². The van der Waals surface area contributed by atoms with E-state index < -0.39 is 10.8 Å². The first-order valence-corrected chi connectivity index (χ1v) is 7.65. The van der Waals surface area contributed by atoms with Crippen molar-refractivity contribution in [3.63, 3.8) is 0 Å². The average Bonchev–Trinajstić information content (AvgIpc) is 2.76. The minimum Gasteiger partial charge on any atom is -0.452 e. The zero-order valence-electron chi connectivity index (χ0n) is 12.3.